The van der Waals surface area contributed by atoms with Gasteiger partial charge in [0.1, 0.15) is 24.2 Å². The van der Waals surface area contributed by atoms with Crippen molar-refractivity contribution in [2.45, 2.75) is 25.5 Å². The maximum atomic E-state index is 9.98. The van der Waals surface area contributed by atoms with E-state index in [-0.39, 0.29) is 6.61 Å². The molecule has 1 aromatic rings. The van der Waals surface area contributed by atoms with E-state index in [4.69, 9.17) is 14.2 Å². The Balaban J connectivity index is 1.67. The Morgan fingerprint density at radius 3 is 2.95 bits per heavy atom. The lowest BCUT2D eigenvalue weighted by molar-refractivity contribution is 0.100. The van der Waals surface area contributed by atoms with E-state index in [1.165, 1.54) is 0 Å². The smallest absolute Gasteiger partial charge is 0.123 e. The molecule has 1 heterocycles. The second-order valence-electron chi connectivity index (χ2n) is 5.46. The van der Waals surface area contributed by atoms with Crippen LogP contribution in [-0.4, -0.2) is 50.7 Å². The van der Waals surface area contributed by atoms with Gasteiger partial charge in [-0.3, -0.25) is 0 Å². The lowest BCUT2D eigenvalue weighted by Gasteiger charge is -2.21. The van der Waals surface area contributed by atoms with Gasteiger partial charge >= 0.3 is 0 Å². The zero-order valence-corrected chi connectivity index (χ0v) is 12.7. The average molecular weight is 295 g/mol. The summed E-state index contributed by atoms with van der Waals surface area (Å²) in [4.78, 5) is 0. The first-order valence-electron chi connectivity index (χ1n) is 7.45. The molecule has 1 fully saturated rings. The van der Waals surface area contributed by atoms with E-state index in [0.717, 1.165) is 25.4 Å². The third-order valence-corrected chi connectivity index (χ3v) is 3.83. The van der Waals surface area contributed by atoms with Gasteiger partial charge in [0.25, 0.3) is 0 Å². The molecule has 5 heteroatoms. The van der Waals surface area contributed by atoms with Crippen LogP contribution in [0.5, 0.6) is 11.5 Å². The van der Waals surface area contributed by atoms with Crippen LogP contribution in [0.4, 0.5) is 0 Å². The minimum absolute atomic E-state index is 0.258. The molecule has 2 rings (SSSR count). The van der Waals surface area contributed by atoms with Crippen molar-refractivity contribution in [2.24, 2.45) is 5.92 Å². The highest BCUT2D eigenvalue weighted by Crippen LogP contribution is 2.19. The summed E-state index contributed by atoms with van der Waals surface area (Å²) >= 11 is 0. The Morgan fingerprint density at radius 2 is 2.24 bits per heavy atom. The highest BCUT2D eigenvalue weighted by Gasteiger charge is 2.22. The molecule has 1 aliphatic heterocycles. The predicted octanol–water partition coefficient (Wildman–Crippen LogP) is 1.45. The number of rotatable bonds is 8. The quantitative estimate of drug-likeness (QED) is 0.760. The lowest BCUT2D eigenvalue weighted by atomic mass is 10.0. The molecule has 0 aromatic heterocycles. The van der Waals surface area contributed by atoms with Crippen molar-refractivity contribution >= 4 is 0 Å². The van der Waals surface area contributed by atoms with Gasteiger partial charge in [0, 0.05) is 25.3 Å². The minimum Gasteiger partial charge on any atom is -0.497 e. The highest BCUT2D eigenvalue weighted by molar-refractivity contribution is 5.32. The molecular weight excluding hydrogens is 270 g/mol. The summed E-state index contributed by atoms with van der Waals surface area (Å²) in [5, 5.41) is 13.3. The molecule has 1 aliphatic rings. The monoisotopic (exact) mass is 295 g/mol. The number of methoxy groups -OCH3 is 1. The number of benzene rings is 1. The topological polar surface area (TPSA) is 60.0 Å². The standard InChI is InChI=1S/C16H25NO4/c1-12(13-6-7-20-10-13)17-9-14(18)11-21-16-5-3-4-15(8-16)19-2/h3-5,8,12-14,17-18H,6-7,9-11H2,1-2H3. The molecule has 0 spiro atoms. The van der Waals surface area contributed by atoms with Gasteiger partial charge in [-0.2, -0.15) is 0 Å². The molecule has 2 N–H and O–H groups in total. The van der Waals surface area contributed by atoms with Gasteiger partial charge in [0.2, 0.25) is 0 Å². The number of aliphatic hydroxyl groups is 1. The van der Waals surface area contributed by atoms with Crippen LogP contribution in [0.1, 0.15) is 13.3 Å². The van der Waals surface area contributed by atoms with Gasteiger partial charge in [-0.05, 0) is 31.4 Å². The van der Waals surface area contributed by atoms with Crippen molar-refractivity contribution in [3.63, 3.8) is 0 Å². The molecule has 3 unspecified atom stereocenters. The maximum Gasteiger partial charge on any atom is 0.123 e. The molecule has 0 amide bonds. The molecule has 118 valence electrons. The number of hydrogen-bond acceptors (Lipinski definition) is 5. The van der Waals surface area contributed by atoms with Crippen molar-refractivity contribution in [3.8, 4) is 11.5 Å². The van der Waals surface area contributed by atoms with Crippen LogP contribution < -0.4 is 14.8 Å². The summed E-state index contributed by atoms with van der Waals surface area (Å²) in [5.74, 6) is 1.98. The number of hydrogen-bond donors (Lipinski definition) is 2. The molecule has 0 saturated carbocycles. The molecule has 0 bridgehead atoms. The fraction of sp³-hybridized carbons (Fsp3) is 0.625. The number of nitrogens with one attached hydrogen (secondary N) is 1. The first kappa shape index (κ1) is 16.1. The molecule has 1 saturated heterocycles. The lowest BCUT2D eigenvalue weighted by Crippen LogP contribution is -2.40. The Kier molecular flexibility index (Phi) is 6.29. The largest absolute Gasteiger partial charge is 0.497 e. The zero-order valence-electron chi connectivity index (χ0n) is 12.7. The Labute approximate surface area is 126 Å². The van der Waals surface area contributed by atoms with Gasteiger partial charge < -0.3 is 24.6 Å². The third kappa shape index (κ3) is 5.19. The first-order valence-corrected chi connectivity index (χ1v) is 7.45. The van der Waals surface area contributed by atoms with Crippen molar-refractivity contribution < 1.29 is 19.3 Å². The van der Waals surface area contributed by atoms with Crippen LogP contribution >= 0.6 is 0 Å². The van der Waals surface area contributed by atoms with Crippen LogP contribution in [-0.2, 0) is 4.74 Å². The van der Waals surface area contributed by atoms with E-state index in [0.29, 0.717) is 24.3 Å². The minimum atomic E-state index is -0.541. The van der Waals surface area contributed by atoms with Crippen LogP contribution in [0.2, 0.25) is 0 Å². The average Bonchev–Trinajstić information content (AvgIpc) is 3.05. The number of ether oxygens (including phenoxy) is 3. The van der Waals surface area contributed by atoms with Gasteiger partial charge in [-0.15, -0.1) is 0 Å². The number of aliphatic hydroxyl groups excluding tert-OH is 1. The molecule has 3 atom stereocenters. The third-order valence-electron chi connectivity index (χ3n) is 3.83. The normalized spacial score (nSPS) is 21.0. The van der Waals surface area contributed by atoms with Gasteiger partial charge in [0.05, 0.1) is 13.7 Å². The van der Waals surface area contributed by atoms with Gasteiger partial charge in [0.15, 0.2) is 0 Å². The molecule has 1 aromatic carbocycles. The van der Waals surface area contributed by atoms with Crippen molar-refractivity contribution in [1.82, 2.24) is 5.32 Å². The Morgan fingerprint density at radius 1 is 1.43 bits per heavy atom. The van der Waals surface area contributed by atoms with Crippen LogP contribution in [0.15, 0.2) is 24.3 Å². The fourth-order valence-corrected chi connectivity index (χ4v) is 2.38. The first-order chi connectivity index (χ1) is 10.2. The van der Waals surface area contributed by atoms with E-state index in [9.17, 15) is 5.11 Å². The second-order valence-corrected chi connectivity index (χ2v) is 5.46. The summed E-state index contributed by atoms with van der Waals surface area (Å²) in [7, 11) is 1.62. The molecular formula is C16H25NO4. The molecule has 0 radical (unpaired) electrons. The predicted molar refractivity (Wildman–Crippen MR) is 80.9 cm³/mol. The summed E-state index contributed by atoms with van der Waals surface area (Å²) < 4.78 is 16.1. The Bertz CT molecular complexity index is 420. The second kappa shape index (κ2) is 8.22. The van der Waals surface area contributed by atoms with E-state index in [2.05, 4.69) is 12.2 Å². The summed E-state index contributed by atoms with van der Waals surface area (Å²) in [6, 6.07) is 7.72. The van der Waals surface area contributed by atoms with Crippen molar-refractivity contribution in [3.05, 3.63) is 24.3 Å². The maximum absolute atomic E-state index is 9.98. The fourth-order valence-electron chi connectivity index (χ4n) is 2.38. The molecule has 0 aliphatic carbocycles. The van der Waals surface area contributed by atoms with Crippen LogP contribution in [0, 0.1) is 5.92 Å². The van der Waals surface area contributed by atoms with Crippen LogP contribution in [0.25, 0.3) is 0 Å². The molecule has 21 heavy (non-hydrogen) atoms. The van der Waals surface area contributed by atoms with Crippen molar-refractivity contribution in [1.29, 1.82) is 0 Å². The summed E-state index contributed by atoms with van der Waals surface area (Å²) in [6.45, 7) is 4.56. The van der Waals surface area contributed by atoms with E-state index >= 15 is 0 Å². The SMILES string of the molecule is COc1cccc(OCC(O)CNC(C)C2CCOC2)c1. The Hall–Kier alpha value is -1.30. The van der Waals surface area contributed by atoms with Crippen molar-refractivity contribution in [2.75, 3.05) is 33.5 Å². The van der Waals surface area contributed by atoms with Gasteiger partial charge in [-0.1, -0.05) is 6.07 Å². The highest BCUT2D eigenvalue weighted by atomic mass is 16.5. The molecule has 5 nitrogen and oxygen atoms in total. The van der Waals surface area contributed by atoms with Gasteiger partial charge in [-0.25, -0.2) is 0 Å². The summed E-state index contributed by atoms with van der Waals surface area (Å²) in [5.41, 5.74) is 0. The summed E-state index contributed by atoms with van der Waals surface area (Å²) in [6.07, 6.45) is 0.547. The van der Waals surface area contributed by atoms with E-state index in [1.54, 1.807) is 13.2 Å². The van der Waals surface area contributed by atoms with E-state index in [1.807, 2.05) is 18.2 Å². The van der Waals surface area contributed by atoms with Crippen LogP contribution in [0.3, 0.4) is 0 Å². The van der Waals surface area contributed by atoms with E-state index < -0.39 is 6.10 Å². The zero-order chi connectivity index (χ0) is 15.1.